The Morgan fingerprint density at radius 2 is 1.57 bits per heavy atom. The van der Waals surface area contributed by atoms with E-state index in [2.05, 4.69) is 20.1 Å². The van der Waals surface area contributed by atoms with E-state index in [4.69, 9.17) is 28.4 Å². The van der Waals surface area contributed by atoms with Gasteiger partial charge in [0.1, 0.15) is 12.4 Å². The molecule has 2 aromatic carbocycles. The predicted molar refractivity (Wildman–Crippen MR) is 166 cm³/mol. The first-order valence-electron chi connectivity index (χ1n) is 15.1. The molecule has 0 saturated carbocycles. The van der Waals surface area contributed by atoms with Crippen molar-refractivity contribution in [1.82, 2.24) is 5.32 Å². The Hall–Kier alpha value is -2.78. The Bertz CT molecular complexity index is 1400. The number of rotatable bonds is 22. The SMILES string of the molecule is COCCOCCOCCNC(=O)c1cc(COC(=O)Nc2ccc(CO[C-]=O)cc2CO[C-]=O)ccc1OC1CC(O)CC(C(=O)O)O1.[Ta].[Tb]. The van der Waals surface area contributed by atoms with E-state index in [0.717, 1.165) is 0 Å². The molecule has 2 radical (unpaired) electrons. The number of ether oxygens (including phenoxy) is 8. The number of methoxy groups -OCH3 is 1. The molecular formula is C32H38N2O15TaTb-2. The van der Waals surface area contributed by atoms with Crippen LogP contribution >= 0.6 is 0 Å². The minimum Gasteiger partial charge on any atom is -0.650 e. The minimum absolute atomic E-state index is 0. The van der Waals surface area contributed by atoms with Crippen LogP contribution in [0.25, 0.3) is 0 Å². The standard InChI is InChI=1S/C32H38N2O15.Ta.Tb/c1-42-8-9-44-11-10-43-7-6-33-30(38)25-13-22(3-5-27(25)48-29-15-24(37)14-28(49-29)31(39)40)17-47-32(41)34-26-4-2-21(16-45-19-35)12-23(26)18-46-20-36;;/h2-5,12-13,24,28-29,37H,6-11,14-18H2,1H3,(H,33,38)(H,34,41)(H,39,40);;/q-2;;. The molecule has 4 N–H and O–H groups in total. The third-order valence-corrected chi connectivity index (χ3v) is 6.79. The van der Waals surface area contributed by atoms with Gasteiger partial charge in [0.2, 0.25) is 6.29 Å². The summed E-state index contributed by atoms with van der Waals surface area (Å²) in [4.78, 5) is 58.4. The number of carbonyl (C=O) groups is 3. The van der Waals surface area contributed by atoms with Gasteiger partial charge in [0.25, 0.3) is 5.91 Å². The minimum atomic E-state index is -1.30. The normalized spacial score (nSPS) is 16.3. The van der Waals surface area contributed by atoms with Crippen LogP contribution in [0.2, 0.25) is 0 Å². The molecule has 1 aliphatic rings. The van der Waals surface area contributed by atoms with Crippen LogP contribution in [0.5, 0.6) is 5.75 Å². The van der Waals surface area contributed by atoms with Crippen molar-refractivity contribution in [3.8, 4) is 5.75 Å². The number of nitrogens with one attached hydrogen (secondary N) is 2. The van der Waals surface area contributed by atoms with Crippen molar-refractivity contribution in [2.75, 3.05) is 52.0 Å². The Balaban J connectivity index is 0.00000650. The molecule has 1 fully saturated rings. The van der Waals surface area contributed by atoms with E-state index in [9.17, 15) is 34.2 Å². The monoisotopic (exact) mass is 1030 g/mol. The fourth-order valence-electron chi connectivity index (χ4n) is 4.47. The third-order valence-electron chi connectivity index (χ3n) is 6.79. The van der Waals surface area contributed by atoms with E-state index >= 15 is 0 Å². The summed E-state index contributed by atoms with van der Waals surface area (Å²) < 4.78 is 41.6. The molecular weight excluding hydrogens is 992 g/mol. The van der Waals surface area contributed by atoms with Crippen molar-refractivity contribution >= 4 is 36.6 Å². The van der Waals surface area contributed by atoms with Gasteiger partial charge in [0.05, 0.1) is 63.6 Å². The van der Waals surface area contributed by atoms with Crippen LogP contribution in [0.15, 0.2) is 36.4 Å². The molecule has 1 aliphatic heterocycles. The van der Waals surface area contributed by atoms with Gasteiger partial charge >= 0.3 is 12.1 Å². The van der Waals surface area contributed by atoms with Crippen molar-refractivity contribution in [2.24, 2.45) is 0 Å². The van der Waals surface area contributed by atoms with Gasteiger partial charge in [-0.3, -0.25) is 10.1 Å². The summed E-state index contributed by atoms with van der Waals surface area (Å²) >= 11 is 0. The number of carboxylic acid groups (broad SMARTS) is 1. The van der Waals surface area contributed by atoms with Gasteiger partial charge in [-0.25, -0.2) is 9.59 Å². The summed E-state index contributed by atoms with van der Waals surface area (Å²) in [5.41, 5.74) is 1.58. The summed E-state index contributed by atoms with van der Waals surface area (Å²) in [6.45, 7) is 3.84. The molecule has 3 unspecified atom stereocenters. The maximum absolute atomic E-state index is 13.2. The van der Waals surface area contributed by atoms with Gasteiger partial charge in [-0.2, -0.15) is 0 Å². The topological polar surface area (TPSA) is 224 Å². The van der Waals surface area contributed by atoms with Crippen LogP contribution in [0.1, 0.15) is 39.9 Å². The number of carbonyl (C=O) groups excluding carboxylic acids is 4. The van der Waals surface area contributed by atoms with Crippen molar-refractivity contribution in [3.63, 3.8) is 0 Å². The second-order valence-corrected chi connectivity index (χ2v) is 10.4. The zero-order valence-corrected chi connectivity index (χ0v) is 32.8. The second-order valence-electron chi connectivity index (χ2n) is 10.4. The number of amides is 2. The van der Waals surface area contributed by atoms with Crippen LogP contribution in [-0.4, -0.2) is 106 Å². The molecule has 0 spiro atoms. The predicted octanol–water partition coefficient (Wildman–Crippen LogP) is 1.34. The summed E-state index contributed by atoms with van der Waals surface area (Å²) in [5.74, 6) is -1.79. The molecule has 0 bridgehead atoms. The largest absolute Gasteiger partial charge is 0.650 e. The molecule has 51 heavy (non-hydrogen) atoms. The summed E-state index contributed by atoms with van der Waals surface area (Å²) in [6.07, 6.45) is -4.47. The molecule has 19 heteroatoms. The van der Waals surface area contributed by atoms with E-state index in [0.29, 0.717) is 43.1 Å². The molecule has 0 aromatic heterocycles. The van der Waals surface area contributed by atoms with Gasteiger partial charge in [-0.1, -0.05) is 25.1 Å². The molecule has 2 aromatic rings. The summed E-state index contributed by atoms with van der Waals surface area (Å²) in [5, 5.41) is 24.8. The van der Waals surface area contributed by atoms with Gasteiger partial charge in [-0.15, -0.1) is 0 Å². The zero-order valence-electron chi connectivity index (χ0n) is 27.5. The Morgan fingerprint density at radius 1 is 0.902 bits per heavy atom. The van der Waals surface area contributed by atoms with Crippen LogP contribution in [0, 0.1) is 38.6 Å². The van der Waals surface area contributed by atoms with Gasteiger partial charge < -0.3 is 63.0 Å². The van der Waals surface area contributed by atoms with Crippen LogP contribution in [-0.2, 0) is 89.7 Å². The molecule has 3 rings (SSSR count). The average molecular weight is 1030 g/mol. The Labute approximate surface area is 340 Å². The first-order chi connectivity index (χ1) is 23.7. The van der Waals surface area contributed by atoms with Crippen LogP contribution < -0.4 is 15.4 Å². The van der Waals surface area contributed by atoms with E-state index in [1.807, 2.05) is 0 Å². The number of benzene rings is 2. The maximum atomic E-state index is 13.2. The van der Waals surface area contributed by atoms with Gasteiger partial charge in [-0.05, 0) is 35.4 Å². The fraction of sp³-hybridized carbons (Fsp3) is 0.469. The number of aliphatic hydroxyl groups is 1. The molecule has 3 atom stereocenters. The molecule has 0 aliphatic carbocycles. The van der Waals surface area contributed by atoms with Crippen LogP contribution in [0.4, 0.5) is 10.5 Å². The number of aliphatic hydroxyl groups excluding tert-OH is 1. The smallest absolute Gasteiger partial charge is 0.411 e. The fourth-order valence-corrected chi connectivity index (χ4v) is 4.47. The van der Waals surface area contributed by atoms with Crippen LogP contribution in [0.3, 0.4) is 0 Å². The van der Waals surface area contributed by atoms with Crippen molar-refractivity contribution in [2.45, 2.75) is 51.2 Å². The van der Waals surface area contributed by atoms with E-state index in [1.54, 1.807) is 19.2 Å². The number of hydrogen-bond donors (Lipinski definition) is 4. The zero-order chi connectivity index (χ0) is 35.4. The first-order valence-corrected chi connectivity index (χ1v) is 15.1. The van der Waals surface area contributed by atoms with Gasteiger partial charge in [0.15, 0.2) is 6.10 Å². The average Bonchev–Trinajstić information content (AvgIpc) is 3.09. The van der Waals surface area contributed by atoms with Crippen molar-refractivity contribution < 1.29 is 133 Å². The summed E-state index contributed by atoms with van der Waals surface area (Å²) in [6, 6.07) is 9.00. The first kappa shape index (κ1) is 46.2. The quantitative estimate of drug-likeness (QED) is 0.0743. The van der Waals surface area contributed by atoms with E-state index < -0.39 is 36.5 Å². The summed E-state index contributed by atoms with van der Waals surface area (Å²) in [7, 11) is 1.57. The van der Waals surface area contributed by atoms with Gasteiger partial charge in [0, 0.05) is 93.1 Å². The maximum Gasteiger partial charge on any atom is 0.411 e. The third kappa shape index (κ3) is 17.1. The Morgan fingerprint density at radius 3 is 2.27 bits per heavy atom. The van der Waals surface area contributed by atoms with E-state index in [-0.39, 0.29) is 124 Å². The van der Waals surface area contributed by atoms with Crippen molar-refractivity contribution in [3.05, 3.63) is 58.7 Å². The number of anilines is 1. The number of hydrogen-bond acceptors (Lipinski definition) is 14. The number of aliphatic carboxylic acids is 1. The molecule has 2 amide bonds. The second kappa shape index (κ2) is 26.1. The molecule has 282 valence electrons. The van der Waals surface area contributed by atoms with Crippen molar-refractivity contribution in [1.29, 1.82) is 0 Å². The Kier molecular flexibility index (Phi) is 23.6. The molecule has 1 heterocycles. The van der Waals surface area contributed by atoms with E-state index in [1.165, 1.54) is 37.2 Å². The molecule has 17 nitrogen and oxygen atoms in total. The molecule has 1 saturated heterocycles. The number of carboxylic acids is 1.